The number of halogens is 1. The minimum Gasteiger partial charge on any atom is -0.491 e. The molecule has 0 amide bonds. The topological polar surface area (TPSA) is 21.6 Å². The zero-order chi connectivity index (χ0) is 8.27. The summed E-state index contributed by atoms with van der Waals surface area (Å²) in [4.78, 5) is 3.87. The van der Waals surface area contributed by atoms with Crippen LogP contribution in [-0.2, 0) is 4.74 Å². The third kappa shape index (κ3) is 2.22. The lowest BCUT2D eigenvalue weighted by Crippen LogP contribution is -1.99. The Balaban J connectivity index is 2.68. The van der Waals surface area contributed by atoms with Crippen molar-refractivity contribution in [2.45, 2.75) is 19.8 Å². The number of hydrogen-bond acceptors (Lipinski definition) is 2. The number of nitrogens with zero attached hydrogens (tertiary/aromatic N) is 1. The Morgan fingerprint density at radius 1 is 1.64 bits per heavy atom. The van der Waals surface area contributed by atoms with E-state index in [9.17, 15) is 0 Å². The van der Waals surface area contributed by atoms with Gasteiger partial charge in [0.2, 0.25) is 0 Å². The van der Waals surface area contributed by atoms with Crippen LogP contribution in [0.3, 0.4) is 0 Å². The predicted octanol–water partition coefficient (Wildman–Crippen LogP) is 2.34. The lowest BCUT2D eigenvalue weighted by molar-refractivity contribution is 0.249. The van der Waals surface area contributed by atoms with E-state index in [2.05, 4.69) is 4.99 Å². The summed E-state index contributed by atoms with van der Waals surface area (Å²) < 4.78 is 5.34. The number of ether oxygens (including phenoxy) is 1. The fraction of sp³-hybridized carbons (Fsp3) is 0.625. The summed E-state index contributed by atoms with van der Waals surface area (Å²) in [6.07, 6.45) is 2.22. The fourth-order valence-electron chi connectivity index (χ4n) is 0.843. The van der Waals surface area contributed by atoms with Gasteiger partial charge in [-0.15, -0.1) is 0 Å². The zero-order valence-electron chi connectivity index (χ0n) is 6.85. The Bertz CT molecular complexity index is 202. The Kier molecular flexibility index (Phi) is 2.94. The molecule has 0 heterocycles. The third-order valence-corrected chi connectivity index (χ3v) is 1.83. The Hall–Kier alpha value is -0.500. The second-order valence-electron chi connectivity index (χ2n) is 2.38. The number of rotatable bonds is 3. The van der Waals surface area contributed by atoms with Crippen molar-refractivity contribution >= 4 is 16.8 Å². The van der Waals surface area contributed by atoms with Gasteiger partial charge in [-0.3, -0.25) is 4.99 Å². The van der Waals surface area contributed by atoms with Crippen LogP contribution in [0, 0.1) is 0 Å². The smallest absolute Gasteiger partial charge is 0.165 e. The van der Waals surface area contributed by atoms with E-state index in [0.717, 1.165) is 18.6 Å². The highest BCUT2D eigenvalue weighted by atomic mass is 35.5. The largest absolute Gasteiger partial charge is 0.491 e. The molecule has 0 unspecified atom stereocenters. The monoisotopic (exact) mass is 173 g/mol. The van der Waals surface area contributed by atoms with Crippen molar-refractivity contribution in [1.29, 1.82) is 0 Å². The average molecular weight is 174 g/mol. The Labute approximate surface area is 71.9 Å². The summed E-state index contributed by atoms with van der Waals surface area (Å²) in [5.74, 6) is 0.802. The highest BCUT2D eigenvalue weighted by Gasteiger charge is 2.21. The van der Waals surface area contributed by atoms with Gasteiger partial charge in [0.1, 0.15) is 0 Å². The number of allylic oxidation sites excluding steroid dienone is 2. The van der Waals surface area contributed by atoms with E-state index in [1.165, 1.54) is 5.57 Å². The standard InChI is InChI=1S/C8H12ClNO/c1-3-11-7(6-4-5-6)8(9)10-2/h3-5H2,1-2H3/b10-8-. The molecule has 3 heteroatoms. The second kappa shape index (κ2) is 3.77. The molecule has 0 spiro atoms. The van der Waals surface area contributed by atoms with Gasteiger partial charge in [-0.2, -0.15) is 0 Å². The first-order valence-electron chi connectivity index (χ1n) is 3.77. The molecule has 0 atom stereocenters. The summed E-state index contributed by atoms with van der Waals surface area (Å²) in [5.41, 5.74) is 1.29. The normalized spacial score (nSPS) is 16.6. The lowest BCUT2D eigenvalue weighted by Gasteiger charge is -2.04. The molecule has 0 aromatic heterocycles. The van der Waals surface area contributed by atoms with Gasteiger partial charge in [-0.25, -0.2) is 0 Å². The van der Waals surface area contributed by atoms with Crippen molar-refractivity contribution in [3.8, 4) is 0 Å². The van der Waals surface area contributed by atoms with Crippen molar-refractivity contribution in [2.75, 3.05) is 13.7 Å². The average Bonchev–Trinajstić information content (AvgIpc) is 2.81. The van der Waals surface area contributed by atoms with Gasteiger partial charge in [0.25, 0.3) is 0 Å². The maximum Gasteiger partial charge on any atom is 0.165 e. The van der Waals surface area contributed by atoms with Gasteiger partial charge in [0, 0.05) is 7.05 Å². The quantitative estimate of drug-likeness (QED) is 0.474. The molecule has 62 valence electrons. The van der Waals surface area contributed by atoms with E-state index in [4.69, 9.17) is 16.3 Å². The second-order valence-corrected chi connectivity index (χ2v) is 2.74. The highest BCUT2D eigenvalue weighted by Crippen LogP contribution is 2.33. The maximum absolute atomic E-state index is 5.81. The summed E-state index contributed by atoms with van der Waals surface area (Å²) in [6.45, 7) is 2.60. The Morgan fingerprint density at radius 2 is 2.27 bits per heavy atom. The lowest BCUT2D eigenvalue weighted by atomic mass is 10.4. The summed E-state index contributed by atoms with van der Waals surface area (Å²) in [6, 6.07) is 0. The predicted molar refractivity (Wildman–Crippen MR) is 47.1 cm³/mol. The van der Waals surface area contributed by atoms with Crippen LogP contribution in [0.5, 0.6) is 0 Å². The van der Waals surface area contributed by atoms with Gasteiger partial charge < -0.3 is 4.74 Å². The molecule has 0 saturated heterocycles. The molecule has 2 nitrogen and oxygen atoms in total. The van der Waals surface area contributed by atoms with E-state index in [1.54, 1.807) is 7.05 Å². The molecule has 0 radical (unpaired) electrons. The molecule has 1 saturated carbocycles. The van der Waals surface area contributed by atoms with Gasteiger partial charge >= 0.3 is 0 Å². The van der Waals surface area contributed by atoms with E-state index in [1.807, 2.05) is 6.92 Å². The Morgan fingerprint density at radius 3 is 2.64 bits per heavy atom. The van der Waals surface area contributed by atoms with Crippen LogP contribution in [0.2, 0.25) is 0 Å². The molecule has 1 aliphatic rings. The molecular formula is C8H12ClNO. The van der Waals surface area contributed by atoms with Crippen molar-refractivity contribution in [3.63, 3.8) is 0 Å². The van der Waals surface area contributed by atoms with Crippen LogP contribution in [0.4, 0.5) is 0 Å². The summed E-state index contributed by atoms with van der Waals surface area (Å²) in [5, 5.41) is 0.499. The molecule has 0 aromatic rings. The van der Waals surface area contributed by atoms with Gasteiger partial charge in [0.15, 0.2) is 10.9 Å². The van der Waals surface area contributed by atoms with E-state index in [-0.39, 0.29) is 0 Å². The fourth-order valence-corrected chi connectivity index (χ4v) is 1.03. The third-order valence-electron chi connectivity index (χ3n) is 1.49. The van der Waals surface area contributed by atoms with Gasteiger partial charge in [-0.1, -0.05) is 11.6 Å². The minimum atomic E-state index is 0.499. The summed E-state index contributed by atoms with van der Waals surface area (Å²) >= 11 is 5.81. The molecule has 11 heavy (non-hydrogen) atoms. The number of aliphatic imine (C=N–C) groups is 1. The first-order chi connectivity index (χ1) is 5.29. The first-order valence-corrected chi connectivity index (χ1v) is 4.14. The molecule has 1 rings (SSSR count). The van der Waals surface area contributed by atoms with E-state index < -0.39 is 0 Å². The number of hydrogen-bond donors (Lipinski definition) is 0. The molecule has 0 aromatic carbocycles. The maximum atomic E-state index is 5.81. The van der Waals surface area contributed by atoms with Crippen LogP contribution >= 0.6 is 11.6 Å². The molecule has 0 aliphatic heterocycles. The zero-order valence-corrected chi connectivity index (χ0v) is 7.61. The molecule has 1 aliphatic carbocycles. The molecular weight excluding hydrogens is 162 g/mol. The minimum absolute atomic E-state index is 0.499. The van der Waals surface area contributed by atoms with Crippen LogP contribution in [0.15, 0.2) is 16.3 Å². The van der Waals surface area contributed by atoms with Gasteiger partial charge in [0.05, 0.1) is 6.61 Å². The first kappa shape index (κ1) is 8.60. The van der Waals surface area contributed by atoms with Crippen molar-refractivity contribution in [2.24, 2.45) is 4.99 Å². The highest BCUT2D eigenvalue weighted by molar-refractivity contribution is 6.69. The SMILES string of the molecule is CCOC(=C1CC1)/C(Cl)=N/C. The summed E-state index contributed by atoms with van der Waals surface area (Å²) in [7, 11) is 1.67. The van der Waals surface area contributed by atoms with Crippen LogP contribution in [0.25, 0.3) is 0 Å². The molecule has 0 N–H and O–H groups in total. The van der Waals surface area contributed by atoms with E-state index in [0.29, 0.717) is 11.8 Å². The van der Waals surface area contributed by atoms with Crippen molar-refractivity contribution in [3.05, 3.63) is 11.3 Å². The molecule has 1 fully saturated rings. The van der Waals surface area contributed by atoms with E-state index >= 15 is 0 Å². The van der Waals surface area contributed by atoms with Crippen LogP contribution in [-0.4, -0.2) is 18.8 Å². The molecule has 0 bridgehead atoms. The van der Waals surface area contributed by atoms with Crippen LogP contribution < -0.4 is 0 Å². The van der Waals surface area contributed by atoms with Crippen LogP contribution in [0.1, 0.15) is 19.8 Å². The van der Waals surface area contributed by atoms with Gasteiger partial charge in [-0.05, 0) is 25.3 Å². The van der Waals surface area contributed by atoms with Crippen molar-refractivity contribution in [1.82, 2.24) is 0 Å². The van der Waals surface area contributed by atoms with Crippen molar-refractivity contribution < 1.29 is 4.74 Å².